The maximum atomic E-state index is 11.9. The van der Waals surface area contributed by atoms with Crippen LogP contribution in [0, 0.1) is 6.92 Å². The summed E-state index contributed by atoms with van der Waals surface area (Å²) in [5.74, 6) is 0. The van der Waals surface area contributed by atoms with Gasteiger partial charge in [-0.1, -0.05) is 24.3 Å². The zero-order valence-corrected chi connectivity index (χ0v) is 13.0. The number of amides is 2. The topological polar surface area (TPSA) is 61.4 Å². The standard InChI is InChI=1S/C17H26N2O2/c1-13-6-3-4-8-15(13)17(9-10-17)12-18-16(21)19-14(2)7-5-11-20/h3-4,6,8,14,20H,5,7,9-12H2,1-2H3,(H2,18,19,21). The van der Waals surface area contributed by atoms with Crippen molar-refractivity contribution in [3.63, 3.8) is 0 Å². The zero-order chi connectivity index (χ0) is 15.3. The number of aliphatic hydroxyl groups excluding tert-OH is 1. The molecule has 1 unspecified atom stereocenters. The molecule has 2 amide bonds. The van der Waals surface area contributed by atoms with Gasteiger partial charge in [-0.25, -0.2) is 4.79 Å². The molecule has 1 aromatic rings. The fourth-order valence-electron chi connectivity index (χ4n) is 2.85. The second-order valence-electron chi connectivity index (χ2n) is 6.19. The summed E-state index contributed by atoms with van der Waals surface area (Å²) in [6, 6.07) is 8.40. The molecule has 116 valence electrons. The van der Waals surface area contributed by atoms with Gasteiger partial charge in [0.25, 0.3) is 0 Å². The van der Waals surface area contributed by atoms with Gasteiger partial charge in [0.15, 0.2) is 0 Å². The summed E-state index contributed by atoms with van der Waals surface area (Å²) in [7, 11) is 0. The SMILES string of the molecule is Cc1ccccc1C1(CNC(=O)NC(C)CCCO)CC1. The molecule has 21 heavy (non-hydrogen) atoms. The van der Waals surface area contributed by atoms with E-state index in [1.165, 1.54) is 11.1 Å². The van der Waals surface area contributed by atoms with Crippen LogP contribution in [0.15, 0.2) is 24.3 Å². The Morgan fingerprint density at radius 3 is 2.71 bits per heavy atom. The van der Waals surface area contributed by atoms with Crippen molar-refractivity contribution in [2.45, 2.75) is 51.0 Å². The molecule has 0 saturated heterocycles. The Labute approximate surface area is 126 Å². The van der Waals surface area contributed by atoms with Crippen LogP contribution in [0.1, 0.15) is 43.7 Å². The molecule has 1 aromatic carbocycles. The number of aliphatic hydroxyl groups is 1. The van der Waals surface area contributed by atoms with Gasteiger partial charge in [0.1, 0.15) is 0 Å². The van der Waals surface area contributed by atoms with Gasteiger partial charge in [-0.2, -0.15) is 0 Å². The number of nitrogens with one attached hydrogen (secondary N) is 2. The molecular weight excluding hydrogens is 264 g/mol. The Morgan fingerprint density at radius 1 is 1.38 bits per heavy atom. The van der Waals surface area contributed by atoms with Crippen LogP contribution in [0.25, 0.3) is 0 Å². The first kappa shape index (κ1) is 15.8. The summed E-state index contributed by atoms with van der Waals surface area (Å²) in [4.78, 5) is 11.9. The Bertz CT molecular complexity index is 483. The van der Waals surface area contributed by atoms with Gasteiger partial charge < -0.3 is 15.7 Å². The van der Waals surface area contributed by atoms with Crippen LogP contribution in [0.3, 0.4) is 0 Å². The average Bonchev–Trinajstić information content (AvgIpc) is 3.24. The van der Waals surface area contributed by atoms with Gasteiger partial charge in [-0.05, 0) is 50.7 Å². The minimum absolute atomic E-state index is 0.0887. The van der Waals surface area contributed by atoms with Crippen LogP contribution in [-0.4, -0.2) is 30.3 Å². The van der Waals surface area contributed by atoms with Gasteiger partial charge in [-0.15, -0.1) is 0 Å². The second kappa shape index (κ2) is 6.94. The number of urea groups is 1. The molecule has 0 heterocycles. The molecule has 0 radical (unpaired) electrons. The van der Waals surface area contributed by atoms with E-state index in [1.807, 2.05) is 6.92 Å². The average molecular weight is 290 g/mol. The van der Waals surface area contributed by atoms with Crippen molar-refractivity contribution in [2.24, 2.45) is 0 Å². The summed E-state index contributed by atoms with van der Waals surface area (Å²) in [6.07, 6.45) is 3.79. The fourth-order valence-corrected chi connectivity index (χ4v) is 2.85. The second-order valence-corrected chi connectivity index (χ2v) is 6.19. The van der Waals surface area contributed by atoms with E-state index in [0.29, 0.717) is 13.0 Å². The lowest BCUT2D eigenvalue weighted by Crippen LogP contribution is -2.43. The maximum absolute atomic E-state index is 11.9. The van der Waals surface area contributed by atoms with Gasteiger partial charge >= 0.3 is 6.03 Å². The Morgan fingerprint density at radius 2 is 2.10 bits per heavy atom. The molecule has 4 heteroatoms. The number of aryl methyl sites for hydroxylation is 1. The highest BCUT2D eigenvalue weighted by atomic mass is 16.3. The molecule has 0 aromatic heterocycles. The normalized spacial score (nSPS) is 17.1. The third-order valence-electron chi connectivity index (χ3n) is 4.33. The smallest absolute Gasteiger partial charge is 0.315 e. The highest BCUT2D eigenvalue weighted by molar-refractivity contribution is 5.74. The monoisotopic (exact) mass is 290 g/mol. The van der Waals surface area contributed by atoms with Crippen molar-refractivity contribution in [1.82, 2.24) is 10.6 Å². The predicted octanol–water partition coefficient (Wildman–Crippen LogP) is 2.49. The van der Waals surface area contributed by atoms with Crippen molar-refractivity contribution in [2.75, 3.05) is 13.2 Å². The molecule has 0 spiro atoms. The van der Waals surface area contributed by atoms with Gasteiger partial charge in [0.05, 0.1) is 0 Å². The minimum atomic E-state index is -0.111. The van der Waals surface area contributed by atoms with Crippen LogP contribution in [0.2, 0.25) is 0 Å². The van der Waals surface area contributed by atoms with E-state index in [4.69, 9.17) is 5.11 Å². The summed E-state index contributed by atoms with van der Waals surface area (Å²) in [5.41, 5.74) is 2.80. The minimum Gasteiger partial charge on any atom is -0.396 e. The van der Waals surface area contributed by atoms with Crippen molar-refractivity contribution >= 4 is 6.03 Å². The van der Waals surface area contributed by atoms with E-state index >= 15 is 0 Å². The molecule has 1 atom stereocenters. The summed E-state index contributed by atoms with van der Waals surface area (Å²) in [5, 5.41) is 14.7. The first-order valence-corrected chi connectivity index (χ1v) is 7.79. The summed E-state index contributed by atoms with van der Waals surface area (Å²) < 4.78 is 0. The molecule has 1 aliphatic carbocycles. The molecule has 2 rings (SSSR count). The van der Waals surface area contributed by atoms with Crippen LogP contribution >= 0.6 is 0 Å². The number of carbonyl (C=O) groups is 1. The zero-order valence-electron chi connectivity index (χ0n) is 13.0. The van der Waals surface area contributed by atoms with E-state index < -0.39 is 0 Å². The molecule has 4 nitrogen and oxygen atoms in total. The molecule has 0 aliphatic heterocycles. The molecule has 1 aliphatic rings. The van der Waals surface area contributed by atoms with E-state index in [1.54, 1.807) is 0 Å². The highest BCUT2D eigenvalue weighted by Crippen LogP contribution is 2.48. The quantitative estimate of drug-likeness (QED) is 0.722. The molecule has 1 saturated carbocycles. The third-order valence-corrected chi connectivity index (χ3v) is 4.33. The number of hydrogen-bond acceptors (Lipinski definition) is 2. The van der Waals surface area contributed by atoms with Gasteiger partial charge in [0.2, 0.25) is 0 Å². The first-order valence-electron chi connectivity index (χ1n) is 7.79. The first-order chi connectivity index (χ1) is 10.1. The van der Waals surface area contributed by atoms with E-state index in [2.05, 4.69) is 41.8 Å². The van der Waals surface area contributed by atoms with E-state index in [0.717, 1.165) is 19.3 Å². The van der Waals surface area contributed by atoms with E-state index in [-0.39, 0.29) is 24.1 Å². The predicted molar refractivity (Wildman–Crippen MR) is 84.4 cm³/mol. The molecule has 0 bridgehead atoms. The lowest BCUT2D eigenvalue weighted by atomic mass is 9.92. The van der Waals surface area contributed by atoms with Crippen molar-refractivity contribution in [3.05, 3.63) is 35.4 Å². The molecule has 1 fully saturated rings. The number of hydrogen-bond donors (Lipinski definition) is 3. The number of benzene rings is 1. The van der Waals surface area contributed by atoms with Crippen LogP contribution < -0.4 is 10.6 Å². The summed E-state index contributed by atoms with van der Waals surface area (Å²) in [6.45, 7) is 4.95. The van der Waals surface area contributed by atoms with Crippen LogP contribution in [-0.2, 0) is 5.41 Å². The third kappa shape index (κ3) is 4.21. The number of carbonyl (C=O) groups excluding carboxylic acids is 1. The van der Waals surface area contributed by atoms with Crippen LogP contribution in [0.4, 0.5) is 4.79 Å². The van der Waals surface area contributed by atoms with Crippen LogP contribution in [0.5, 0.6) is 0 Å². The fraction of sp³-hybridized carbons (Fsp3) is 0.588. The Balaban J connectivity index is 1.83. The largest absolute Gasteiger partial charge is 0.396 e. The van der Waals surface area contributed by atoms with Crippen molar-refractivity contribution in [3.8, 4) is 0 Å². The summed E-state index contributed by atoms with van der Waals surface area (Å²) >= 11 is 0. The molecule has 3 N–H and O–H groups in total. The van der Waals surface area contributed by atoms with E-state index in [9.17, 15) is 4.79 Å². The Hall–Kier alpha value is -1.55. The lowest BCUT2D eigenvalue weighted by Gasteiger charge is -2.20. The number of rotatable bonds is 7. The lowest BCUT2D eigenvalue weighted by molar-refractivity contribution is 0.233. The highest BCUT2D eigenvalue weighted by Gasteiger charge is 2.45. The van der Waals surface area contributed by atoms with Crippen molar-refractivity contribution in [1.29, 1.82) is 0 Å². The molecular formula is C17H26N2O2. The maximum Gasteiger partial charge on any atom is 0.315 e. The van der Waals surface area contributed by atoms with Gasteiger partial charge in [-0.3, -0.25) is 0 Å². The Kier molecular flexibility index (Phi) is 5.23. The van der Waals surface area contributed by atoms with Gasteiger partial charge in [0, 0.05) is 24.6 Å². The van der Waals surface area contributed by atoms with Crippen molar-refractivity contribution < 1.29 is 9.90 Å².